The van der Waals surface area contributed by atoms with Crippen molar-refractivity contribution in [3.63, 3.8) is 0 Å². The summed E-state index contributed by atoms with van der Waals surface area (Å²) in [6.45, 7) is 1.55. The molecule has 5 heteroatoms. The van der Waals surface area contributed by atoms with Gasteiger partial charge in [0.05, 0.1) is 30.0 Å². The molecule has 0 aliphatic rings. The van der Waals surface area contributed by atoms with E-state index < -0.39 is 0 Å². The quantitative estimate of drug-likeness (QED) is 0.652. The van der Waals surface area contributed by atoms with Gasteiger partial charge in [-0.1, -0.05) is 18.2 Å². The monoisotopic (exact) mass is 281 g/mol. The Kier molecular flexibility index (Phi) is 5.61. The largest absolute Gasteiger partial charge is 0.504 e. The van der Waals surface area contributed by atoms with Crippen molar-refractivity contribution >= 4 is 6.08 Å². The molecule has 0 aromatic heterocycles. The van der Waals surface area contributed by atoms with Gasteiger partial charge in [0.2, 0.25) is 0 Å². The van der Waals surface area contributed by atoms with Gasteiger partial charge in [0.1, 0.15) is 6.07 Å². The summed E-state index contributed by atoms with van der Waals surface area (Å²) in [7, 11) is 1.46. The summed E-state index contributed by atoms with van der Waals surface area (Å²) in [5.41, 5.74) is 7.17. The van der Waals surface area contributed by atoms with Gasteiger partial charge >= 0.3 is 0 Å². The number of nitrogens with zero attached hydrogens (tertiary/aromatic N) is 2. The molecule has 0 saturated carbocycles. The number of rotatable bonds is 4. The number of methoxy groups -OCH3 is 1. The number of hydrogen-bond donors (Lipinski definition) is 2. The third-order valence-corrected chi connectivity index (χ3v) is 2.74. The van der Waals surface area contributed by atoms with Crippen LogP contribution in [0.15, 0.2) is 47.2 Å². The minimum absolute atomic E-state index is 0.0553. The zero-order valence-electron chi connectivity index (χ0n) is 11.8. The van der Waals surface area contributed by atoms with Crippen molar-refractivity contribution < 1.29 is 9.84 Å². The Morgan fingerprint density at radius 3 is 2.62 bits per heavy atom. The highest BCUT2D eigenvalue weighted by molar-refractivity contribution is 5.58. The van der Waals surface area contributed by atoms with Crippen molar-refractivity contribution in [3.05, 3.63) is 52.8 Å². The molecule has 0 heterocycles. The highest BCUT2D eigenvalue weighted by Gasteiger charge is 2.03. The highest BCUT2D eigenvalue weighted by atomic mass is 16.5. The summed E-state index contributed by atoms with van der Waals surface area (Å²) >= 11 is 0. The molecule has 1 aromatic carbocycles. The van der Waals surface area contributed by atoms with E-state index in [9.17, 15) is 5.11 Å². The molecule has 0 amide bonds. The molecule has 106 valence electrons. The van der Waals surface area contributed by atoms with E-state index in [0.717, 1.165) is 5.56 Å². The number of allylic oxidation sites excluding steroid dienone is 4. The van der Waals surface area contributed by atoms with Gasteiger partial charge in [-0.3, -0.25) is 0 Å². The first-order valence-corrected chi connectivity index (χ1v) is 6.05. The Morgan fingerprint density at radius 1 is 1.33 bits per heavy atom. The van der Waals surface area contributed by atoms with Gasteiger partial charge in [-0.2, -0.15) is 10.5 Å². The lowest BCUT2D eigenvalue weighted by Crippen LogP contribution is -2.02. The summed E-state index contributed by atoms with van der Waals surface area (Å²) < 4.78 is 5.00. The fraction of sp³-hybridized carbons (Fsp3) is 0.125. The number of phenolic OH excluding ortho intramolecular Hbond substituents is 1. The van der Waals surface area contributed by atoms with Gasteiger partial charge < -0.3 is 15.6 Å². The lowest BCUT2D eigenvalue weighted by atomic mass is 10.1. The minimum Gasteiger partial charge on any atom is -0.504 e. The molecule has 0 saturated heterocycles. The molecular formula is C16H15N3O2. The second-order valence-corrected chi connectivity index (χ2v) is 4.13. The van der Waals surface area contributed by atoms with E-state index >= 15 is 0 Å². The molecule has 1 aromatic rings. The van der Waals surface area contributed by atoms with Gasteiger partial charge in [0, 0.05) is 0 Å². The van der Waals surface area contributed by atoms with Gasteiger partial charge in [0.25, 0.3) is 0 Å². The van der Waals surface area contributed by atoms with Gasteiger partial charge in [0.15, 0.2) is 11.5 Å². The zero-order chi connectivity index (χ0) is 15.8. The third-order valence-electron chi connectivity index (χ3n) is 2.74. The number of hydrogen-bond acceptors (Lipinski definition) is 5. The Labute approximate surface area is 123 Å². The lowest BCUT2D eigenvalue weighted by molar-refractivity contribution is 0.373. The van der Waals surface area contributed by atoms with E-state index in [1.807, 2.05) is 12.1 Å². The fourth-order valence-electron chi connectivity index (χ4n) is 1.50. The molecule has 0 atom stereocenters. The smallest absolute Gasteiger partial charge is 0.161 e. The molecular weight excluding hydrogens is 266 g/mol. The number of ether oxygens (including phenoxy) is 1. The van der Waals surface area contributed by atoms with Crippen molar-refractivity contribution in [2.24, 2.45) is 5.73 Å². The van der Waals surface area contributed by atoms with Crippen LogP contribution in [0.5, 0.6) is 11.5 Å². The van der Waals surface area contributed by atoms with Crippen molar-refractivity contribution in [2.75, 3.05) is 7.11 Å². The van der Waals surface area contributed by atoms with Crippen LogP contribution in [0.2, 0.25) is 0 Å². The third kappa shape index (κ3) is 4.15. The SMILES string of the molecule is COc1cc(/C=C/C=C(C#N)/C(N)=C(/C)C#N)ccc1O. The minimum atomic E-state index is 0.0553. The summed E-state index contributed by atoms with van der Waals surface area (Å²) in [6.07, 6.45) is 4.89. The standard InChI is InChI=1S/C16H15N3O2/c1-11(9-17)16(19)13(10-18)5-3-4-12-6-7-14(20)15(8-12)21-2/h3-8,20H,19H2,1-2H3/b4-3+,13-5+,16-11+. The average Bonchev–Trinajstić information content (AvgIpc) is 2.51. The van der Waals surface area contributed by atoms with Crippen LogP contribution in [0.3, 0.4) is 0 Å². The van der Waals surface area contributed by atoms with Crippen molar-refractivity contribution in [1.29, 1.82) is 10.5 Å². The van der Waals surface area contributed by atoms with Crippen LogP contribution < -0.4 is 10.5 Å². The van der Waals surface area contributed by atoms with E-state index in [0.29, 0.717) is 11.3 Å². The van der Waals surface area contributed by atoms with Crippen LogP contribution in [0.1, 0.15) is 12.5 Å². The Morgan fingerprint density at radius 2 is 2.05 bits per heavy atom. The molecule has 21 heavy (non-hydrogen) atoms. The van der Waals surface area contributed by atoms with Crippen LogP contribution in [-0.2, 0) is 0 Å². The predicted molar refractivity (Wildman–Crippen MR) is 79.9 cm³/mol. The van der Waals surface area contributed by atoms with E-state index in [1.165, 1.54) is 19.3 Å². The number of aromatic hydroxyl groups is 1. The van der Waals surface area contributed by atoms with Crippen molar-refractivity contribution in [2.45, 2.75) is 6.92 Å². The van der Waals surface area contributed by atoms with E-state index in [1.54, 1.807) is 31.2 Å². The molecule has 3 N–H and O–H groups in total. The van der Waals surface area contributed by atoms with E-state index in [4.69, 9.17) is 21.0 Å². The molecule has 0 spiro atoms. The van der Waals surface area contributed by atoms with E-state index in [-0.39, 0.29) is 17.0 Å². The van der Waals surface area contributed by atoms with Gasteiger partial charge in [-0.25, -0.2) is 0 Å². The van der Waals surface area contributed by atoms with Crippen molar-refractivity contribution in [1.82, 2.24) is 0 Å². The maximum Gasteiger partial charge on any atom is 0.161 e. The van der Waals surface area contributed by atoms with Crippen LogP contribution in [-0.4, -0.2) is 12.2 Å². The molecule has 0 aliphatic heterocycles. The maximum atomic E-state index is 9.49. The molecule has 1 rings (SSSR count). The van der Waals surface area contributed by atoms with Crippen LogP contribution in [0.4, 0.5) is 0 Å². The Hall–Kier alpha value is -3.18. The molecule has 0 aliphatic carbocycles. The molecule has 0 radical (unpaired) electrons. The van der Waals surface area contributed by atoms with Crippen molar-refractivity contribution in [3.8, 4) is 23.6 Å². The summed E-state index contributed by atoms with van der Waals surface area (Å²) in [4.78, 5) is 0. The first-order valence-electron chi connectivity index (χ1n) is 6.05. The lowest BCUT2D eigenvalue weighted by Gasteiger charge is -2.03. The van der Waals surface area contributed by atoms with Gasteiger partial charge in [-0.05, 0) is 30.7 Å². The zero-order valence-corrected chi connectivity index (χ0v) is 11.8. The number of nitrogens with two attached hydrogens (primary N) is 1. The first kappa shape index (κ1) is 15.9. The molecule has 0 bridgehead atoms. The Balaban J connectivity index is 3.03. The summed E-state index contributed by atoms with van der Waals surface area (Å²) in [6, 6.07) is 8.73. The number of phenols is 1. The highest BCUT2D eigenvalue weighted by Crippen LogP contribution is 2.26. The first-order chi connectivity index (χ1) is 10.0. The number of benzene rings is 1. The molecule has 5 nitrogen and oxygen atoms in total. The van der Waals surface area contributed by atoms with Crippen LogP contribution >= 0.6 is 0 Å². The Bertz CT molecular complexity index is 701. The predicted octanol–water partition coefficient (Wildman–Crippen LogP) is 2.62. The molecule has 0 unspecified atom stereocenters. The summed E-state index contributed by atoms with van der Waals surface area (Å²) in [5, 5.41) is 27.3. The number of nitriles is 2. The summed E-state index contributed by atoms with van der Waals surface area (Å²) in [5.74, 6) is 0.418. The second kappa shape index (κ2) is 7.42. The fourth-order valence-corrected chi connectivity index (χ4v) is 1.50. The molecule has 0 fully saturated rings. The topological polar surface area (TPSA) is 103 Å². The van der Waals surface area contributed by atoms with Crippen LogP contribution in [0, 0.1) is 22.7 Å². The maximum absolute atomic E-state index is 9.49. The normalized spacial score (nSPS) is 12.5. The average molecular weight is 281 g/mol. The van der Waals surface area contributed by atoms with Crippen LogP contribution in [0.25, 0.3) is 6.08 Å². The van der Waals surface area contributed by atoms with Gasteiger partial charge in [-0.15, -0.1) is 0 Å². The van der Waals surface area contributed by atoms with E-state index in [2.05, 4.69) is 0 Å². The second-order valence-electron chi connectivity index (χ2n) is 4.13.